The monoisotopic (exact) mass is 465 g/mol. The molecule has 0 aromatic heterocycles. The molecule has 3 aromatic rings. The number of carboxylic acid groups (broad SMARTS) is 1. The Morgan fingerprint density at radius 1 is 1.00 bits per heavy atom. The van der Waals surface area contributed by atoms with Crippen molar-refractivity contribution < 1.29 is 19.0 Å². The molecule has 170 valence electrons. The Morgan fingerprint density at radius 2 is 1.64 bits per heavy atom. The summed E-state index contributed by atoms with van der Waals surface area (Å²) in [6, 6.07) is 19.3. The molecule has 0 spiro atoms. The van der Waals surface area contributed by atoms with E-state index in [1.54, 1.807) is 6.07 Å². The number of nitrogens with zero attached hydrogens (tertiary/aromatic N) is 1. The van der Waals surface area contributed by atoms with Gasteiger partial charge >= 0.3 is 5.97 Å². The third-order valence-electron chi connectivity index (χ3n) is 6.40. The molecule has 1 heterocycles. The number of likely N-dealkylation sites (tertiary alicyclic amines) is 1. The van der Waals surface area contributed by atoms with E-state index in [4.69, 9.17) is 16.3 Å². The normalized spacial score (nSPS) is 16.4. The highest BCUT2D eigenvalue weighted by Gasteiger charge is 2.33. The SMILES string of the molecule is O=C(O)c1c(F)ccc(C2CC2)c1OCC1CN(Cc2ccc(-c3ccc(Cl)cc3)cc2)C1. The van der Waals surface area contributed by atoms with Crippen LogP contribution in [0.1, 0.15) is 40.2 Å². The van der Waals surface area contributed by atoms with Gasteiger partial charge in [-0.1, -0.05) is 54.1 Å². The summed E-state index contributed by atoms with van der Waals surface area (Å²) in [5.74, 6) is -1.20. The van der Waals surface area contributed by atoms with Crippen molar-refractivity contribution in [2.24, 2.45) is 5.92 Å². The average Bonchev–Trinajstić information content (AvgIpc) is 3.61. The molecule has 6 heteroatoms. The van der Waals surface area contributed by atoms with Crippen LogP contribution in [0.5, 0.6) is 5.75 Å². The van der Waals surface area contributed by atoms with Gasteiger partial charge in [0.1, 0.15) is 17.1 Å². The predicted octanol–water partition coefficient (Wildman–Crippen LogP) is 6.23. The second-order valence-corrected chi connectivity index (χ2v) is 9.43. The summed E-state index contributed by atoms with van der Waals surface area (Å²) in [6.07, 6.45) is 1.99. The Balaban J connectivity index is 1.16. The molecule has 3 aromatic carbocycles. The van der Waals surface area contributed by atoms with Gasteiger partial charge in [0, 0.05) is 30.6 Å². The fourth-order valence-electron chi connectivity index (χ4n) is 4.46. The summed E-state index contributed by atoms with van der Waals surface area (Å²) < 4.78 is 20.1. The van der Waals surface area contributed by atoms with Crippen LogP contribution in [0, 0.1) is 11.7 Å². The Hall–Kier alpha value is -2.89. The molecular formula is C27H25ClFNO3. The Morgan fingerprint density at radius 3 is 2.24 bits per heavy atom. The lowest BCUT2D eigenvalue weighted by atomic mass is 9.99. The number of benzene rings is 3. The van der Waals surface area contributed by atoms with Crippen molar-refractivity contribution >= 4 is 17.6 Å². The molecule has 0 atom stereocenters. The van der Waals surface area contributed by atoms with E-state index in [1.807, 2.05) is 24.3 Å². The number of halogens is 2. The number of rotatable bonds is 8. The number of ether oxygens (including phenoxy) is 1. The summed E-state index contributed by atoms with van der Waals surface area (Å²) in [7, 11) is 0. The highest BCUT2D eigenvalue weighted by atomic mass is 35.5. The van der Waals surface area contributed by atoms with E-state index < -0.39 is 11.8 Å². The second-order valence-electron chi connectivity index (χ2n) is 9.00. The largest absolute Gasteiger partial charge is 0.492 e. The van der Waals surface area contributed by atoms with Crippen molar-refractivity contribution in [3.05, 3.63) is 88.2 Å². The first-order chi connectivity index (χ1) is 16.0. The van der Waals surface area contributed by atoms with Gasteiger partial charge in [-0.3, -0.25) is 4.90 Å². The van der Waals surface area contributed by atoms with Gasteiger partial charge in [0.25, 0.3) is 0 Å². The van der Waals surface area contributed by atoms with Gasteiger partial charge in [-0.2, -0.15) is 0 Å². The van der Waals surface area contributed by atoms with E-state index in [-0.39, 0.29) is 17.2 Å². The lowest BCUT2D eigenvalue weighted by Crippen LogP contribution is -2.48. The van der Waals surface area contributed by atoms with E-state index in [2.05, 4.69) is 29.2 Å². The van der Waals surface area contributed by atoms with Gasteiger partial charge in [0.2, 0.25) is 0 Å². The van der Waals surface area contributed by atoms with Crippen LogP contribution >= 0.6 is 11.6 Å². The molecule has 0 radical (unpaired) electrons. The maximum absolute atomic E-state index is 14.2. The highest BCUT2D eigenvalue weighted by Crippen LogP contribution is 2.46. The van der Waals surface area contributed by atoms with Crippen LogP contribution in [0.2, 0.25) is 5.02 Å². The molecule has 2 fully saturated rings. The lowest BCUT2D eigenvalue weighted by Gasteiger charge is -2.39. The molecule has 33 heavy (non-hydrogen) atoms. The van der Waals surface area contributed by atoms with Crippen LogP contribution in [0.3, 0.4) is 0 Å². The highest BCUT2D eigenvalue weighted by molar-refractivity contribution is 6.30. The molecule has 1 N–H and O–H groups in total. The van der Waals surface area contributed by atoms with Gasteiger partial charge in [-0.05, 0) is 59.2 Å². The summed E-state index contributed by atoms with van der Waals surface area (Å²) in [5.41, 5.74) is 4.01. The predicted molar refractivity (Wildman–Crippen MR) is 126 cm³/mol. The van der Waals surface area contributed by atoms with E-state index in [0.717, 1.165) is 54.2 Å². The van der Waals surface area contributed by atoms with Crippen molar-refractivity contribution in [3.63, 3.8) is 0 Å². The molecule has 1 saturated heterocycles. The van der Waals surface area contributed by atoms with Gasteiger partial charge in [-0.15, -0.1) is 0 Å². The summed E-state index contributed by atoms with van der Waals surface area (Å²) in [4.78, 5) is 13.9. The fraction of sp³-hybridized carbons (Fsp3) is 0.296. The topological polar surface area (TPSA) is 49.8 Å². The number of hydrogen-bond donors (Lipinski definition) is 1. The van der Waals surface area contributed by atoms with Crippen LogP contribution in [-0.4, -0.2) is 35.7 Å². The minimum Gasteiger partial charge on any atom is -0.492 e. The molecule has 0 bridgehead atoms. The van der Waals surface area contributed by atoms with Crippen molar-refractivity contribution in [1.29, 1.82) is 0 Å². The van der Waals surface area contributed by atoms with Crippen molar-refractivity contribution in [2.75, 3.05) is 19.7 Å². The molecule has 1 aliphatic heterocycles. The Kier molecular flexibility index (Phi) is 6.09. The Labute approximate surface area is 197 Å². The molecule has 0 unspecified atom stereocenters. The number of carbonyl (C=O) groups is 1. The zero-order valence-corrected chi connectivity index (χ0v) is 18.9. The minimum absolute atomic E-state index is 0.223. The first kappa shape index (κ1) is 21.9. The molecule has 1 saturated carbocycles. The van der Waals surface area contributed by atoms with Gasteiger partial charge in [0.15, 0.2) is 0 Å². The number of hydrogen-bond acceptors (Lipinski definition) is 3. The van der Waals surface area contributed by atoms with Crippen LogP contribution in [0.15, 0.2) is 60.7 Å². The molecule has 4 nitrogen and oxygen atoms in total. The third kappa shape index (κ3) is 4.90. The van der Waals surface area contributed by atoms with E-state index >= 15 is 0 Å². The Bertz CT molecular complexity index is 1150. The zero-order valence-electron chi connectivity index (χ0n) is 18.1. The molecule has 1 aliphatic carbocycles. The van der Waals surface area contributed by atoms with Gasteiger partial charge in [-0.25, -0.2) is 9.18 Å². The maximum Gasteiger partial charge on any atom is 0.342 e. The van der Waals surface area contributed by atoms with Crippen LogP contribution < -0.4 is 4.74 Å². The average molecular weight is 466 g/mol. The quantitative estimate of drug-likeness (QED) is 0.428. The zero-order chi connectivity index (χ0) is 22.9. The summed E-state index contributed by atoms with van der Waals surface area (Å²) in [5, 5.41) is 10.2. The number of aromatic carboxylic acids is 1. The maximum atomic E-state index is 14.2. The molecule has 2 aliphatic rings. The minimum atomic E-state index is -1.28. The van der Waals surface area contributed by atoms with Gasteiger partial charge < -0.3 is 9.84 Å². The standard InChI is InChI=1S/C27H25ClFNO3/c28-22-9-7-20(8-10-22)19-3-1-17(2-4-19)13-30-14-18(15-30)16-33-26-23(21-5-6-21)11-12-24(29)25(26)27(31)32/h1-4,7-12,18,21H,5-6,13-16H2,(H,31,32). The first-order valence-corrected chi connectivity index (χ1v) is 11.6. The summed E-state index contributed by atoms with van der Waals surface area (Å²) in [6.45, 7) is 2.99. The second kappa shape index (κ2) is 9.16. The van der Waals surface area contributed by atoms with Crippen LogP contribution in [0.4, 0.5) is 4.39 Å². The molecule has 5 rings (SSSR count). The van der Waals surface area contributed by atoms with Crippen LogP contribution in [-0.2, 0) is 6.54 Å². The van der Waals surface area contributed by atoms with Crippen molar-refractivity contribution in [1.82, 2.24) is 4.90 Å². The number of carboxylic acids is 1. The third-order valence-corrected chi connectivity index (χ3v) is 6.65. The molecule has 0 amide bonds. The van der Waals surface area contributed by atoms with Gasteiger partial charge in [0.05, 0.1) is 6.61 Å². The van der Waals surface area contributed by atoms with Crippen molar-refractivity contribution in [2.45, 2.75) is 25.3 Å². The van der Waals surface area contributed by atoms with E-state index in [9.17, 15) is 14.3 Å². The van der Waals surface area contributed by atoms with Crippen LogP contribution in [0.25, 0.3) is 11.1 Å². The van der Waals surface area contributed by atoms with E-state index in [0.29, 0.717) is 12.5 Å². The molecular weight excluding hydrogens is 441 g/mol. The van der Waals surface area contributed by atoms with E-state index in [1.165, 1.54) is 11.6 Å². The fourth-order valence-corrected chi connectivity index (χ4v) is 4.59. The summed E-state index contributed by atoms with van der Waals surface area (Å²) >= 11 is 5.97. The van der Waals surface area contributed by atoms with Crippen molar-refractivity contribution in [3.8, 4) is 16.9 Å². The first-order valence-electron chi connectivity index (χ1n) is 11.2. The smallest absolute Gasteiger partial charge is 0.342 e. The lowest BCUT2D eigenvalue weighted by molar-refractivity contribution is 0.0535.